The van der Waals surface area contributed by atoms with Gasteiger partial charge in [0.2, 0.25) is 5.91 Å². The maximum atomic E-state index is 11.2. The maximum Gasteiger partial charge on any atom is 0.321 e. The minimum absolute atomic E-state index is 0.191. The van der Waals surface area contributed by atoms with Gasteiger partial charge in [-0.3, -0.25) is 14.9 Å². The molecule has 3 amide bonds. The number of amides is 3. The standard InChI is InChI=1S/C10H18N2O4S/c1-7(6-17-2)5-11-10(16)12-8(13)3-4-9(14)15/h7H,3-6H2,1-2H3,(H,14,15)(H2,11,12,13,16). The SMILES string of the molecule is CSCC(C)CNC(=O)NC(=O)CCC(=O)O. The molecule has 6 nitrogen and oxygen atoms in total. The number of thioether (sulfide) groups is 1. The number of carboxylic acid groups (broad SMARTS) is 1. The van der Waals surface area contributed by atoms with Crippen LogP contribution in [0.4, 0.5) is 4.79 Å². The van der Waals surface area contributed by atoms with E-state index in [1.807, 2.05) is 13.2 Å². The number of rotatable bonds is 7. The molecule has 0 aromatic carbocycles. The van der Waals surface area contributed by atoms with E-state index in [1.54, 1.807) is 11.8 Å². The fourth-order valence-corrected chi connectivity index (χ4v) is 1.75. The summed E-state index contributed by atoms with van der Waals surface area (Å²) in [5.74, 6) is -0.394. The van der Waals surface area contributed by atoms with Crippen molar-refractivity contribution in [3.8, 4) is 0 Å². The lowest BCUT2D eigenvalue weighted by atomic mass is 10.2. The van der Waals surface area contributed by atoms with Crippen molar-refractivity contribution in [2.75, 3.05) is 18.6 Å². The molecule has 1 atom stereocenters. The second-order valence-electron chi connectivity index (χ2n) is 3.71. The summed E-state index contributed by atoms with van der Waals surface area (Å²) in [5, 5.41) is 13.0. The van der Waals surface area contributed by atoms with Crippen LogP contribution < -0.4 is 10.6 Å². The molecule has 7 heteroatoms. The molecule has 0 aromatic rings. The van der Waals surface area contributed by atoms with Crippen molar-refractivity contribution in [3.05, 3.63) is 0 Å². The van der Waals surface area contributed by atoms with Gasteiger partial charge in [-0.25, -0.2) is 4.79 Å². The van der Waals surface area contributed by atoms with Gasteiger partial charge < -0.3 is 10.4 Å². The largest absolute Gasteiger partial charge is 0.481 e. The average Bonchev–Trinajstić information content (AvgIpc) is 2.24. The van der Waals surface area contributed by atoms with Gasteiger partial charge in [-0.2, -0.15) is 11.8 Å². The zero-order valence-electron chi connectivity index (χ0n) is 9.99. The van der Waals surface area contributed by atoms with Crippen molar-refractivity contribution in [3.63, 3.8) is 0 Å². The maximum absolute atomic E-state index is 11.2. The van der Waals surface area contributed by atoms with Gasteiger partial charge in [-0.15, -0.1) is 0 Å². The number of urea groups is 1. The highest BCUT2D eigenvalue weighted by Crippen LogP contribution is 2.02. The van der Waals surface area contributed by atoms with Gasteiger partial charge in [0.25, 0.3) is 0 Å². The number of aliphatic carboxylic acids is 1. The van der Waals surface area contributed by atoms with E-state index >= 15 is 0 Å². The molecular weight excluding hydrogens is 244 g/mol. The van der Waals surface area contributed by atoms with Gasteiger partial charge in [0.05, 0.1) is 6.42 Å². The second-order valence-corrected chi connectivity index (χ2v) is 4.62. The fourth-order valence-electron chi connectivity index (χ4n) is 1.06. The van der Waals surface area contributed by atoms with Crippen LogP contribution in [0.3, 0.4) is 0 Å². The molecule has 0 spiro atoms. The molecule has 0 aliphatic heterocycles. The Morgan fingerprint density at radius 1 is 1.29 bits per heavy atom. The Kier molecular flexibility index (Phi) is 8.21. The summed E-state index contributed by atoms with van der Waals surface area (Å²) in [7, 11) is 0. The van der Waals surface area contributed by atoms with Crippen molar-refractivity contribution in [2.45, 2.75) is 19.8 Å². The first-order valence-corrected chi connectivity index (χ1v) is 6.63. The van der Waals surface area contributed by atoms with Crippen molar-refractivity contribution >= 4 is 29.7 Å². The quantitative estimate of drug-likeness (QED) is 0.627. The van der Waals surface area contributed by atoms with Crippen LogP contribution in [-0.2, 0) is 9.59 Å². The summed E-state index contributed by atoms with van der Waals surface area (Å²) in [6.45, 7) is 2.47. The van der Waals surface area contributed by atoms with Crippen LogP contribution in [0.5, 0.6) is 0 Å². The molecule has 1 unspecified atom stereocenters. The van der Waals surface area contributed by atoms with E-state index in [4.69, 9.17) is 5.11 Å². The molecule has 0 rings (SSSR count). The molecular formula is C10H18N2O4S. The van der Waals surface area contributed by atoms with Crippen LogP contribution >= 0.6 is 11.8 Å². The number of carbonyl (C=O) groups is 3. The van der Waals surface area contributed by atoms with Gasteiger partial charge in [0.1, 0.15) is 0 Å². The highest BCUT2D eigenvalue weighted by Gasteiger charge is 2.10. The van der Waals surface area contributed by atoms with Crippen molar-refractivity contribution in [1.29, 1.82) is 0 Å². The topological polar surface area (TPSA) is 95.5 Å². The average molecular weight is 262 g/mol. The van der Waals surface area contributed by atoms with Crippen LogP contribution in [-0.4, -0.2) is 41.6 Å². The Balaban J connectivity index is 3.71. The summed E-state index contributed by atoms with van der Waals surface area (Å²) in [4.78, 5) is 32.5. The molecule has 0 saturated heterocycles. The van der Waals surface area contributed by atoms with Gasteiger partial charge in [-0.1, -0.05) is 6.92 Å². The summed E-state index contributed by atoms with van der Waals surface area (Å²) in [6, 6.07) is -0.576. The lowest BCUT2D eigenvalue weighted by molar-refractivity contribution is -0.138. The molecule has 0 fully saturated rings. The Bertz CT molecular complexity index is 283. The molecule has 0 aliphatic rings. The summed E-state index contributed by atoms with van der Waals surface area (Å²) < 4.78 is 0. The van der Waals surface area contributed by atoms with Gasteiger partial charge in [0.15, 0.2) is 0 Å². The molecule has 3 N–H and O–H groups in total. The van der Waals surface area contributed by atoms with E-state index in [-0.39, 0.29) is 12.8 Å². The number of hydrogen-bond acceptors (Lipinski definition) is 4. The Morgan fingerprint density at radius 3 is 2.47 bits per heavy atom. The van der Waals surface area contributed by atoms with Crippen LogP contribution in [0, 0.1) is 5.92 Å². The highest BCUT2D eigenvalue weighted by atomic mass is 32.2. The molecule has 0 radical (unpaired) electrons. The highest BCUT2D eigenvalue weighted by molar-refractivity contribution is 7.98. The predicted octanol–water partition coefficient (Wildman–Crippen LogP) is 0.676. The van der Waals surface area contributed by atoms with E-state index in [2.05, 4.69) is 10.6 Å². The molecule has 17 heavy (non-hydrogen) atoms. The molecule has 0 saturated carbocycles. The minimum Gasteiger partial charge on any atom is -0.481 e. The Hall–Kier alpha value is -1.24. The first-order valence-electron chi connectivity index (χ1n) is 5.24. The fraction of sp³-hybridized carbons (Fsp3) is 0.700. The summed E-state index contributed by atoms with van der Waals surface area (Å²) >= 11 is 1.68. The monoisotopic (exact) mass is 262 g/mol. The van der Waals surface area contributed by atoms with E-state index in [1.165, 1.54) is 0 Å². The molecule has 0 aromatic heterocycles. The molecule has 0 aliphatic carbocycles. The van der Waals surface area contributed by atoms with E-state index < -0.39 is 17.9 Å². The third kappa shape index (κ3) is 9.68. The van der Waals surface area contributed by atoms with Crippen molar-refractivity contribution in [2.24, 2.45) is 5.92 Å². The molecule has 0 bridgehead atoms. The van der Waals surface area contributed by atoms with E-state index in [0.29, 0.717) is 12.5 Å². The zero-order valence-corrected chi connectivity index (χ0v) is 10.8. The zero-order chi connectivity index (χ0) is 13.3. The number of hydrogen-bond donors (Lipinski definition) is 3. The first kappa shape index (κ1) is 15.8. The van der Waals surface area contributed by atoms with Crippen LogP contribution in [0.1, 0.15) is 19.8 Å². The number of imide groups is 1. The summed E-state index contributed by atoms with van der Waals surface area (Å²) in [5.41, 5.74) is 0. The van der Waals surface area contributed by atoms with E-state index in [0.717, 1.165) is 5.75 Å². The van der Waals surface area contributed by atoms with Crippen LogP contribution in [0.25, 0.3) is 0 Å². The number of carbonyl (C=O) groups excluding carboxylic acids is 2. The predicted molar refractivity (Wildman–Crippen MR) is 66.0 cm³/mol. The first-order chi connectivity index (χ1) is 7.95. The summed E-state index contributed by atoms with van der Waals surface area (Å²) in [6.07, 6.45) is 1.51. The van der Waals surface area contributed by atoms with Crippen molar-refractivity contribution < 1.29 is 19.5 Å². The third-order valence-corrected chi connectivity index (χ3v) is 2.78. The van der Waals surface area contributed by atoms with Crippen molar-refractivity contribution in [1.82, 2.24) is 10.6 Å². The molecule has 0 heterocycles. The van der Waals surface area contributed by atoms with Gasteiger partial charge in [-0.05, 0) is 17.9 Å². The Morgan fingerprint density at radius 2 is 1.94 bits per heavy atom. The minimum atomic E-state index is -1.06. The Labute approximate surface area is 105 Å². The smallest absolute Gasteiger partial charge is 0.321 e. The third-order valence-electron chi connectivity index (χ3n) is 1.88. The normalized spacial score (nSPS) is 11.6. The molecule has 98 valence electrons. The lowest BCUT2D eigenvalue weighted by Gasteiger charge is -2.11. The van der Waals surface area contributed by atoms with Crippen LogP contribution in [0.2, 0.25) is 0 Å². The number of carboxylic acids is 1. The van der Waals surface area contributed by atoms with E-state index in [9.17, 15) is 14.4 Å². The lowest BCUT2D eigenvalue weighted by Crippen LogP contribution is -2.41. The van der Waals surface area contributed by atoms with Gasteiger partial charge in [0, 0.05) is 13.0 Å². The number of nitrogens with one attached hydrogen (secondary N) is 2. The second kappa shape index (κ2) is 8.86. The van der Waals surface area contributed by atoms with Crippen LogP contribution in [0.15, 0.2) is 0 Å². The van der Waals surface area contributed by atoms with Gasteiger partial charge >= 0.3 is 12.0 Å².